The van der Waals surface area contributed by atoms with Gasteiger partial charge in [-0.3, -0.25) is 4.90 Å². The molecule has 2 nitrogen and oxygen atoms in total. The highest BCUT2D eigenvalue weighted by Gasteiger charge is 2.49. The lowest BCUT2D eigenvalue weighted by Crippen LogP contribution is -2.48. The van der Waals surface area contributed by atoms with E-state index in [0.717, 1.165) is 12.6 Å². The molecule has 0 saturated heterocycles. The average molecular weight is 197 g/mol. The summed E-state index contributed by atoms with van der Waals surface area (Å²) in [6.45, 7) is 5.19. The molecule has 0 amide bonds. The van der Waals surface area contributed by atoms with E-state index in [2.05, 4.69) is 25.8 Å². The van der Waals surface area contributed by atoms with E-state index >= 15 is 0 Å². The summed E-state index contributed by atoms with van der Waals surface area (Å²) in [4.78, 5) is 2.60. The molecular formula is C12H23NO. The summed E-state index contributed by atoms with van der Waals surface area (Å²) < 4.78 is 5.77. The van der Waals surface area contributed by atoms with Gasteiger partial charge in [-0.1, -0.05) is 6.42 Å². The molecule has 2 rings (SSSR count). The first kappa shape index (κ1) is 10.4. The van der Waals surface area contributed by atoms with E-state index in [1.165, 1.54) is 32.1 Å². The lowest BCUT2D eigenvalue weighted by molar-refractivity contribution is -0.00442. The first-order chi connectivity index (χ1) is 6.64. The van der Waals surface area contributed by atoms with Crippen LogP contribution in [0.5, 0.6) is 0 Å². The summed E-state index contributed by atoms with van der Waals surface area (Å²) in [5.74, 6) is 0. The van der Waals surface area contributed by atoms with Crippen molar-refractivity contribution in [1.82, 2.24) is 4.90 Å². The second-order valence-corrected chi connectivity index (χ2v) is 5.28. The number of nitrogens with zero attached hydrogens (tertiary/aromatic N) is 1. The molecule has 0 radical (unpaired) electrons. The van der Waals surface area contributed by atoms with E-state index in [9.17, 15) is 0 Å². The van der Waals surface area contributed by atoms with Crippen molar-refractivity contribution in [2.24, 2.45) is 0 Å². The zero-order valence-electron chi connectivity index (χ0n) is 9.75. The number of hydrogen-bond acceptors (Lipinski definition) is 2. The predicted molar refractivity (Wildman–Crippen MR) is 58.5 cm³/mol. The average Bonchev–Trinajstić information content (AvgIpc) is 2.78. The van der Waals surface area contributed by atoms with Crippen molar-refractivity contribution >= 4 is 0 Å². The second-order valence-electron chi connectivity index (χ2n) is 5.28. The molecule has 0 atom stereocenters. The zero-order chi connectivity index (χ0) is 10.2. The van der Waals surface area contributed by atoms with E-state index < -0.39 is 0 Å². The minimum atomic E-state index is 0.377. The van der Waals surface area contributed by atoms with Crippen LogP contribution in [0.25, 0.3) is 0 Å². The first-order valence-corrected chi connectivity index (χ1v) is 5.99. The van der Waals surface area contributed by atoms with E-state index in [1.54, 1.807) is 0 Å². The minimum absolute atomic E-state index is 0.377. The summed E-state index contributed by atoms with van der Waals surface area (Å²) in [6, 6.07) is 0.855. The highest BCUT2D eigenvalue weighted by Crippen LogP contribution is 2.45. The fourth-order valence-electron chi connectivity index (χ4n) is 2.23. The van der Waals surface area contributed by atoms with Crippen LogP contribution >= 0.6 is 0 Å². The van der Waals surface area contributed by atoms with Crippen LogP contribution in [0.1, 0.15) is 46.0 Å². The highest BCUT2D eigenvalue weighted by molar-refractivity contribution is 5.05. The molecule has 14 heavy (non-hydrogen) atoms. The molecule has 0 N–H and O–H groups in total. The van der Waals surface area contributed by atoms with E-state index in [-0.39, 0.29) is 0 Å². The topological polar surface area (TPSA) is 12.5 Å². The van der Waals surface area contributed by atoms with Crippen LogP contribution in [-0.2, 0) is 4.74 Å². The van der Waals surface area contributed by atoms with Gasteiger partial charge in [0.15, 0.2) is 0 Å². The van der Waals surface area contributed by atoms with Gasteiger partial charge in [0.05, 0.1) is 12.7 Å². The Balaban J connectivity index is 1.81. The molecule has 2 heteroatoms. The molecule has 2 aliphatic carbocycles. The summed E-state index contributed by atoms with van der Waals surface area (Å²) in [6.07, 6.45) is 7.29. The Hall–Kier alpha value is -0.0800. The summed E-state index contributed by atoms with van der Waals surface area (Å²) >= 11 is 0. The van der Waals surface area contributed by atoms with Crippen LogP contribution in [0.4, 0.5) is 0 Å². The monoisotopic (exact) mass is 197 g/mol. The van der Waals surface area contributed by atoms with Gasteiger partial charge in [-0.25, -0.2) is 0 Å². The Bertz CT molecular complexity index is 194. The van der Waals surface area contributed by atoms with Crippen molar-refractivity contribution in [3.05, 3.63) is 0 Å². The molecule has 2 saturated carbocycles. The predicted octanol–water partition coefficient (Wildman–Crippen LogP) is 2.43. The largest absolute Gasteiger partial charge is 0.377 e. The Labute approximate surface area is 87.6 Å². The molecule has 0 spiro atoms. The molecule has 0 aliphatic heterocycles. The SMILES string of the molecule is CC(C)OCC1(N(C)C2CCC2)CC1. The third-order valence-electron chi connectivity index (χ3n) is 3.88. The maximum absolute atomic E-state index is 5.77. The second kappa shape index (κ2) is 3.82. The van der Waals surface area contributed by atoms with Gasteiger partial charge in [0.25, 0.3) is 0 Å². The van der Waals surface area contributed by atoms with Gasteiger partial charge in [0, 0.05) is 11.6 Å². The lowest BCUT2D eigenvalue weighted by atomic mass is 9.90. The lowest BCUT2D eigenvalue weighted by Gasteiger charge is -2.40. The van der Waals surface area contributed by atoms with Gasteiger partial charge in [0.2, 0.25) is 0 Å². The van der Waals surface area contributed by atoms with Crippen LogP contribution < -0.4 is 0 Å². The smallest absolute Gasteiger partial charge is 0.0653 e. The van der Waals surface area contributed by atoms with Crippen molar-refractivity contribution in [2.45, 2.75) is 63.6 Å². The quantitative estimate of drug-likeness (QED) is 0.671. The number of hydrogen-bond donors (Lipinski definition) is 0. The Kier molecular flexibility index (Phi) is 2.85. The van der Waals surface area contributed by atoms with Crippen molar-refractivity contribution in [3.8, 4) is 0 Å². The fourth-order valence-corrected chi connectivity index (χ4v) is 2.23. The van der Waals surface area contributed by atoms with Crippen molar-refractivity contribution in [3.63, 3.8) is 0 Å². The Morgan fingerprint density at radius 2 is 2.00 bits per heavy atom. The number of rotatable bonds is 5. The van der Waals surface area contributed by atoms with Crippen molar-refractivity contribution in [1.29, 1.82) is 0 Å². The molecule has 0 heterocycles. The number of ether oxygens (including phenoxy) is 1. The van der Waals surface area contributed by atoms with Crippen molar-refractivity contribution in [2.75, 3.05) is 13.7 Å². The summed E-state index contributed by atoms with van der Waals surface area (Å²) in [5.41, 5.74) is 0.426. The van der Waals surface area contributed by atoms with Crippen LogP contribution in [0, 0.1) is 0 Å². The fraction of sp³-hybridized carbons (Fsp3) is 1.00. The molecule has 2 aliphatic rings. The Morgan fingerprint density at radius 3 is 2.36 bits per heavy atom. The normalized spacial score (nSPS) is 25.5. The van der Waals surface area contributed by atoms with Crippen molar-refractivity contribution < 1.29 is 4.74 Å². The van der Waals surface area contributed by atoms with Crippen LogP contribution in [0.2, 0.25) is 0 Å². The molecule has 0 unspecified atom stereocenters. The van der Waals surface area contributed by atoms with Crippen LogP contribution in [0.3, 0.4) is 0 Å². The maximum Gasteiger partial charge on any atom is 0.0653 e. The van der Waals surface area contributed by atoms with Gasteiger partial charge >= 0.3 is 0 Å². The molecular weight excluding hydrogens is 174 g/mol. The third-order valence-corrected chi connectivity index (χ3v) is 3.88. The van der Waals surface area contributed by atoms with Gasteiger partial charge in [-0.2, -0.15) is 0 Å². The van der Waals surface area contributed by atoms with Gasteiger partial charge in [-0.15, -0.1) is 0 Å². The van der Waals surface area contributed by atoms with Crippen LogP contribution in [0.15, 0.2) is 0 Å². The standard InChI is InChI=1S/C12H23NO/c1-10(2)14-9-12(7-8-12)13(3)11-5-4-6-11/h10-11H,4-9H2,1-3H3. The molecule has 0 aromatic rings. The first-order valence-electron chi connectivity index (χ1n) is 5.99. The highest BCUT2D eigenvalue weighted by atomic mass is 16.5. The Morgan fingerprint density at radius 1 is 1.36 bits per heavy atom. The maximum atomic E-state index is 5.77. The molecule has 2 fully saturated rings. The number of likely N-dealkylation sites (N-methyl/N-ethyl adjacent to an activating group) is 1. The van der Waals surface area contributed by atoms with Gasteiger partial charge in [0.1, 0.15) is 0 Å². The summed E-state index contributed by atoms with van der Waals surface area (Å²) in [7, 11) is 2.29. The third kappa shape index (κ3) is 1.96. The molecule has 0 aromatic heterocycles. The molecule has 0 aromatic carbocycles. The zero-order valence-corrected chi connectivity index (χ0v) is 9.75. The minimum Gasteiger partial charge on any atom is -0.377 e. The van der Waals surface area contributed by atoms with Gasteiger partial charge in [-0.05, 0) is 46.6 Å². The summed E-state index contributed by atoms with van der Waals surface area (Å²) in [5, 5.41) is 0. The van der Waals surface area contributed by atoms with Gasteiger partial charge < -0.3 is 4.74 Å². The van der Waals surface area contributed by atoms with Crippen LogP contribution in [-0.4, -0.2) is 36.2 Å². The molecule has 82 valence electrons. The van der Waals surface area contributed by atoms with E-state index in [1.807, 2.05) is 0 Å². The van der Waals surface area contributed by atoms with E-state index in [4.69, 9.17) is 4.74 Å². The van der Waals surface area contributed by atoms with E-state index in [0.29, 0.717) is 11.6 Å². The molecule has 0 bridgehead atoms.